The molecule has 0 saturated carbocycles. The zero-order valence-corrected chi connectivity index (χ0v) is 10.9. The monoisotopic (exact) mass is 290 g/mol. The molecule has 0 bridgehead atoms. The van der Waals surface area contributed by atoms with Gasteiger partial charge in [-0.1, -0.05) is 6.07 Å². The molecular weight excluding hydrogens is 278 g/mol. The van der Waals surface area contributed by atoms with Crippen LogP contribution in [0.25, 0.3) is 6.08 Å². The topological polar surface area (TPSA) is 62.2 Å². The van der Waals surface area contributed by atoms with Gasteiger partial charge in [0, 0.05) is 23.4 Å². The van der Waals surface area contributed by atoms with E-state index in [1.807, 2.05) is 0 Å². The molecule has 0 radical (unpaired) electrons. The lowest BCUT2D eigenvalue weighted by Gasteiger charge is -2.06. The highest BCUT2D eigenvalue weighted by Gasteiger charge is 2.07. The zero-order chi connectivity index (χ0) is 15.2. The van der Waals surface area contributed by atoms with Gasteiger partial charge in [-0.05, 0) is 24.3 Å². The third-order valence-corrected chi connectivity index (χ3v) is 2.74. The molecule has 0 unspecified atom stereocenters. The van der Waals surface area contributed by atoms with E-state index in [-0.39, 0.29) is 12.2 Å². The minimum absolute atomic E-state index is 0.260. The van der Waals surface area contributed by atoms with Crippen LogP contribution in [0.2, 0.25) is 0 Å². The number of aliphatic hydroxyl groups is 1. The molecule has 4 nitrogen and oxygen atoms in total. The van der Waals surface area contributed by atoms with Crippen molar-refractivity contribution in [3.63, 3.8) is 0 Å². The van der Waals surface area contributed by atoms with Crippen LogP contribution in [0.1, 0.15) is 11.1 Å². The van der Waals surface area contributed by atoms with Crippen molar-refractivity contribution < 1.29 is 18.7 Å². The molecule has 0 aliphatic carbocycles. The summed E-state index contributed by atoms with van der Waals surface area (Å²) in [4.78, 5) is 15.5. The van der Waals surface area contributed by atoms with E-state index >= 15 is 0 Å². The second-order valence-electron chi connectivity index (χ2n) is 4.15. The van der Waals surface area contributed by atoms with E-state index in [1.54, 1.807) is 6.07 Å². The van der Waals surface area contributed by atoms with Gasteiger partial charge in [0.15, 0.2) is 0 Å². The largest absolute Gasteiger partial charge is 0.392 e. The maximum atomic E-state index is 13.4. The van der Waals surface area contributed by atoms with Gasteiger partial charge in [-0.2, -0.15) is 0 Å². The van der Waals surface area contributed by atoms with Gasteiger partial charge in [-0.3, -0.25) is 9.78 Å². The molecule has 108 valence electrons. The molecule has 0 aliphatic rings. The van der Waals surface area contributed by atoms with E-state index in [0.717, 1.165) is 24.3 Å². The molecule has 1 aromatic heterocycles. The molecule has 0 saturated heterocycles. The Bertz CT molecular complexity index is 667. The standard InChI is InChI=1S/C15H12F2N2O2/c16-12-2-1-3-13(17)11(12)4-5-15(21)19-14-8-18-7-6-10(14)9-20/h1-8,20H,9H2,(H,19,21)/b5-4+. The Balaban J connectivity index is 2.13. The molecule has 21 heavy (non-hydrogen) atoms. The lowest BCUT2D eigenvalue weighted by Crippen LogP contribution is -2.10. The van der Waals surface area contributed by atoms with Gasteiger partial charge in [0.05, 0.1) is 18.5 Å². The fraction of sp³-hybridized carbons (Fsp3) is 0.0667. The lowest BCUT2D eigenvalue weighted by atomic mass is 10.2. The second-order valence-corrected chi connectivity index (χ2v) is 4.15. The van der Waals surface area contributed by atoms with Crippen LogP contribution in [0.3, 0.4) is 0 Å². The first-order valence-electron chi connectivity index (χ1n) is 6.08. The number of amides is 1. The van der Waals surface area contributed by atoms with Crippen LogP contribution in [0, 0.1) is 11.6 Å². The fourth-order valence-electron chi connectivity index (χ4n) is 1.68. The summed E-state index contributed by atoms with van der Waals surface area (Å²) in [5, 5.41) is 11.6. The predicted molar refractivity (Wildman–Crippen MR) is 74.2 cm³/mol. The number of pyridine rings is 1. The number of nitrogens with zero attached hydrogens (tertiary/aromatic N) is 1. The summed E-state index contributed by atoms with van der Waals surface area (Å²) in [7, 11) is 0. The number of anilines is 1. The number of benzene rings is 1. The Morgan fingerprint density at radius 2 is 2.00 bits per heavy atom. The summed E-state index contributed by atoms with van der Waals surface area (Å²) in [6.07, 6.45) is 4.91. The first-order chi connectivity index (χ1) is 10.1. The van der Waals surface area contributed by atoms with Crippen LogP contribution in [0.4, 0.5) is 14.5 Å². The number of nitrogens with one attached hydrogen (secondary N) is 1. The molecule has 0 atom stereocenters. The van der Waals surface area contributed by atoms with Crippen molar-refractivity contribution in [3.05, 3.63) is 65.5 Å². The fourth-order valence-corrected chi connectivity index (χ4v) is 1.68. The van der Waals surface area contributed by atoms with Crippen LogP contribution in [-0.4, -0.2) is 16.0 Å². The van der Waals surface area contributed by atoms with Crippen LogP contribution < -0.4 is 5.32 Å². The minimum Gasteiger partial charge on any atom is -0.392 e. The first-order valence-corrected chi connectivity index (χ1v) is 6.08. The second kappa shape index (κ2) is 6.71. The SMILES string of the molecule is O=C(/C=C/c1c(F)cccc1F)Nc1cnccc1CO. The Kier molecular flexibility index (Phi) is 4.73. The molecular formula is C15H12F2N2O2. The van der Waals surface area contributed by atoms with Crippen molar-refractivity contribution in [1.82, 2.24) is 4.98 Å². The van der Waals surface area contributed by atoms with Crippen molar-refractivity contribution in [2.75, 3.05) is 5.32 Å². The average molecular weight is 290 g/mol. The number of aliphatic hydroxyl groups excluding tert-OH is 1. The summed E-state index contributed by atoms with van der Waals surface area (Å²) in [6.45, 7) is -0.260. The molecule has 1 aromatic carbocycles. The Hall–Kier alpha value is -2.60. The van der Waals surface area contributed by atoms with Gasteiger partial charge in [-0.25, -0.2) is 8.78 Å². The van der Waals surface area contributed by atoms with Crippen LogP contribution in [-0.2, 0) is 11.4 Å². The quantitative estimate of drug-likeness (QED) is 0.850. The van der Waals surface area contributed by atoms with E-state index < -0.39 is 17.5 Å². The van der Waals surface area contributed by atoms with E-state index in [2.05, 4.69) is 10.3 Å². The van der Waals surface area contributed by atoms with Crippen LogP contribution in [0.5, 0.6) is 0 Å². The summed E-state index contributed by atoms with van der Waals surface area (Å²) in [5.41, 5.74) is 0.536. The lowest BCUT2D eigenvalue weighted by molar-refractivity contribution is -0.111. The number of rotatable bonds is 4. The summed E-state index contributed by atoms with van der Waals surface area (Å²) < 4.78 is 26.8. The maximum Gasteiger partial charge on any atom is 0.248 e. The molecule has 1 amide bonds. The molecule has 0 spiro atoms. The van der Waals surface area contributed by atoms with Gasteiger partial charge in [-0.15, -0.1) is 0 Å². The number of carbonyl (C=O) groups excluding carboxylic acids is 1. The summed E-state index contributed by atoms with van der Waals surface area (Å²) in [6, 6.07) is 5.00. The number of halogens is 2. The number of aromatic nitrogens is 1. The highest BCUT2D eigenvalue weighted by atomic mass is 19.1. The maximum absolute atomic E-state index is 13.4. The molecule has 2 N–H and O–H groups in total. The van der Waals surface area contributed by atoms with Crippen molar-refractivity contribution in [1.29, 1.82) is 0 Å². The molecule has 0 aliphatic heterocycles. The third-order valence-electron chi connectivity index (χ3n) is 2.74. The predicted octanol–water partition coefficient (Wildman–Crippen LogP) is 2.50. The molecule has 0 fully saturated rings. The van der Waals surface area contributed by atoms with Gasteiger partial charge < -0.3 is 10.4 Å². The number of carbonyl (C=O) groups is 1. The Morgan fingerprint density at radius 1 is 1.29 bits per heavy atom. The molecule has 2 aromatic rings. The Morgan fingerprint density at radius 3 is 2.67 bits per heavy atom. The third kappa shape index (κ3) is 3.70. The minimum atomic E-state index is -0.753. The van der Waals surface area contributed by atoms with Crippen LogP contribution >= 0.6 is 0 Å². The van der Waals surface area contributed by atoms with Crippen molar-refractivity contribution in [2.45, 2.75) is 6.61 Å². The van der Waals surface area contributed by atoms with Gasteiger partial charge in [0.2, 0.25) is 5.91 Å². The normalized spacial score (nSPS) is 10.8. The van der Waals surface area contributed by atoms with Gasteiger partial charge >= 0.3 is 0 Å². The van der Waals surface area contributed by atoms with E-state index in [9.17, 15) is 13.6 Å². The number of hydrogen-bond acceptors (Lipinski definition) is 3. The smallest absolute Gasteiger partial charge is 0.248 e. The van der Waals surface area contributed by atoms with Crippen molar-refractivity contribution >= 4 is 17.7 Å². The van der Waals surface area contributed by atoms with Gasteiger partial charge in [0.1, 0.15) is 11.6 Å². The first kappa shape index (κ1) is 14.8. The zero-order valence-electron chi connectivity index (χ0n) is 10.9. The number of hydrogen-bond donors (Lipinski definition) is 2. The van der Waals surface area contributed by atoms with Crippen molar-refractivity contribution in [3.8, 4) is 0 Å². The van der Waals surface area contributed by atoms with Crippen LogP contribution in [0.15, 0.2) is 42.7 Å². The summed E-state index contributed by atoms with van der Waals surface area (Å²) >= 11 is 0. The molecule has 1 heterocycles. The average Bonchev–Trinajstić information content (AvgIpc) is 2.47. The highest BCUT2D eigenvalue weighted by molar-refractivity contribution is 6.02. The van der Waals surface area contributed by atoms with E-state index in [1.165, 1.54) is 18.5 Å². The van der Waals surface area contributed by atoms with E-state index in [0.29, 0.717) is 11.3 Å². The van der Waals surface area contributed by atoms with Gasteiger partial charge in [0.25, 0.3) is 0 Å². The molecule has 6 heteroatoms. The highest BCUT2D eigenvalue weighted by Crippen LogP contribution is 2.15. The summed E-state index contributed by atoms with van der Waals surface area (Å²) in [5.74, 6) is -2.09. The van der Waals surface area contributed by atoms with Crippen molar-refractivity contribution in [2.24, 2.45) is 0 Å². The molecule has 2 rings (SSSR count). The Labute approximate surface area is 119 Å². The van der Waals surface area contributed by atoms with E-state index in [4.69, 9.17) is 5.11 Å².